The first-order valence-corrected chi connectivity index (χ1v) is 6.64. The lowest BCUT2D eigenvalue weighted by Crippen LogP contribution is -2.54. The van der Waals surface area contributed by atoms with Crippen molar-refractivity contribution in [2.75, 3.05) is 6.61 Å². The standard InChI is InChI=1S/C13H22F2O2/c14-13(15)8-6-11(10-16,7-9-13)12(17)4-2-1-3-5-12/h16-17H,1-10H2. The molecule has 2 aliphatic carbocycles. The minimum atomic E-state index is -2.61. The Bertz CT molecular complexity index is 263. The van der Waals surface area contributed by atoms with Crippen molar-refractivity contribution >= 4 is 0 Å². The fourth-order valence-electron chi connectivity index (χ4n) is 3.53. The van der Waals surface area contributed by atoms with Gasteiger partial charge in [-0.2, -0.15) is 0 Å². The van der Waals surface area contributed by atoms with Crippen molar-refractivity contribution in [1.82, 2.24) is 0 Å². The third-order valence-electron chi connectivity index (χ3n) is 4.91. The van der Waals surface area contributed by atoms with Gasteiger partial charge in [-0.25, -0.2) is 8.78 Å². The van der Waals surface area contributed by atoms with Crippen LogP contribution in [0, 0.1) is 5.41 Å². The summed E-state index contributed by atoms with van der Waals surface area (Å²) in [5.41, 5.74) is -1.61. The van der Waals surface area contributed by atoms with E-state index in [2.05, 4.69) is 0 Å². The second kappa shape index (κ2) is 4.47. The number of hydrogen-bond donors (Lipinski definition) is 2. The zero-order valence-corrected chi connectivity index (χ0v) is 10.2. The highest BCUT2D eigenvalue weighted by Crippen LogP contribution is 2.53. The third-order valence-corrected chi connectivity index (χ3v) is 4.91. The molecule has 0 unspecified atom stereocenters. The molecule has 0 amide bonds. The predicted octanol–water partition coefficient (Wildman–Crippen LogP) is 2.87. The molecule has 2 aliphatic rings. The van der Waals surface area contributed by atoms with Crippen LogP contribution in [-0.4, -0.2) is 28.3 Å². The smallest absolute Gasteiger partial charge is 0.248 e. The van der Waals surface area contributed by atoms with Gasteiger partial charge in [-0.3, -0.25) is 0 Å². The van der Waals surface area contributed by atoms with E-state index in [1.54, 1.807) is 0 Å². The maximum Gasteiger partial charge on any atom is 0.248 e. The SMILES string of the molecule is OCC1(C2(O)CCCCC2)CCC(F)(F)CC1. The molecule has 0 bridgehead atoms. The monoisotopic (exact) mass is 248 g/mol. The Hall–Kier alpha value is -0.220. The minimum Gasteiger partial charge on any atom is -0.396 e. The Morgan fingerprint density at radius 3 is 1.82 bits per heavy atom. The van der Waals surface area contributed by atoms with Gasteiger partial charge in [-0.15, -0.1) is 0 Å². The zero-order valence-electron chi connectivity index (χ0n) is 10.2. The molecule has 100 valence electrons. The molecule has 0 heterocycles. The summed E-state index contributed by atoms with van der Waals surface area (Å²) >= 11 is 0. The summed E-state index contributed by atoms with van der Waals surface area (Å²) < 4.78 is 26.4. The van der Waals surface area contributed by atoms with Crippen LogP contribution >= 0.6 is 0 Å². The molecule has 0 spiro atoms. The topological polar surface area (TPSA) is 40.5 Å². The molecule has 0 atom stereocenters. The molecule has 2 N–H and O–H groups in total. The van der Waals surface area contributed by atoms with Gasteiger partial charge in [0.05, 0.1) is 12.2 Å². The van der Waals surface area contributed by atoms with Crippen LogP contribution in [0.4, 0.5) is 8.78 Å². The summed E-state index contributed by atoms with van der Waals surface area (Å²) in [5.74, 6) is -2.61. The molecular weight excluding hydrogens is 226 g/mol. The predicted molar refractivity (Wildman–Crippen MR) is 61.0 cm³/mol. The molecule has 0 aliphatic heterocycles. The van der Waals surface area contributed by atoms with Crippen molar-refractivity contribution in [3.05, 3.63) is 0 Å². The van der Waals surface area contributed by atoms with Crippen LogP contribution in [0.3, 0.4) is 0 Å². The fourth-order valence-corrected chi connectivity index (χ4v) is 3.53. The van der Waals surface area contributed by atoms with E-state index in [1.165, 1.54) is 0 Å². The van der Waals surface area contributed by atoms with E-state index < -0.39 is 16.9 Å². The lowest BCUT2D eigenvalue weighted by molar-refractivity contribution is -0.176. The van der Waals surface area contributed by atoms with E-state index in [4.69, 9.17) is 0 Å². The summed E-state index contributed by atoms with van der Waals surface area (Å²) in [7, 11) is 0. The Labute approximate surface area is 101 Å². The highest BCUT2D eigenvalue weighted by molar-refractivity contribution is 5.03. The molecule has 0 aromatic carbocycles. The summed E-state index contributed by atoms with van der Waals surface area (Å²) in [6.45, 7) is -0.167. The van der Waals surface area contributed by atoms with Gasteiger partial charge in [0.25, 0.3) is 0 Å². The van der Waals surface area contributed by atoms with Gasteiger partial charge < -0.3 is 10.2 Å². The van der Waals surface area contributed by atoms with Crippen LogP contribution in [-0.2, 0) is 0 Å². The summed E-state index contributed by atoms with van der Waals surface area (Å²) in [6.07, 6.45) is 4.37. The molecule has 17 heavy (non-hydrogen) atoms. The maximum absolute atomic E-state index is 13.2. The third kappa shape index (κ3) is 2.34. The van der Waals surface area contributed by atoms with E-state index >= 15 is 0 Å². The van der Waals surface area contributed by atoms with E-state index in [0.717, 1.165) is 19.3 Å². The van der Waals surface area contributed by atoms with Gasteiger partial charge in [-0.05, 0) is 25.7 Å². The van der Waals surface area contributed by atoms with Gasteiger partial charge in [0.15, 0.2) is 0 Å². The lowest BCUT2D eigenvalue weighted by atomic mass is 9.58. The Balaban J connectivity index is 2.14. The molecule has 0 aromatic heterocycles. The van der Waals surface area contributed by atoms with Crippen molar-refractivity contribution in [3.63, 3.8) is 0 Å². The molecule has 0 saturated heterocycles. The van der Waals surface area contributed by atoms with Crippen molar-refractivity contribution in [2.45, 2.75) is 69.3 Å². The van der Waals surface area contributed by atoms with E-state index in [0.29, 0.717) is 12.8 Å². The Morgan fingerprint density at radius 2 is 1.35 bits per heavy atom. The molecule has 0 radical (unpaired) electrons. The lowest BCUT2D eigenvalue weighted by Gasteiger charge is -2.51. The zero-order chi connectivity index (χ0) is 12.6. The van der Waals surface area contributed by atoms with Crippen molar-refractivity contribution in [2.24, 2.45) is 5.41 Å². The van der Waals surface area contributed by atoms with Crippen LogP contribution in [0.5, 0.6) is 0 Å². The molecule has 2 saturated carbocycles. The van der Waals surface area contributed by atoms with Crippen LogP contribution in [0.1, 0.15) is 57.8 Å². The molecular formula is C13H22F2O2. The van der Waals surface area contributed by atoms with E-state index in [9.17, 15) is 19.0 Å². The largest absolute Gasteiger partial charge is 0.396 e. The average molecular weight is 248 g/mol. The van der Waals surface area contributed by atoms with Gasteiger partial charge >= 0.3 is 0 Å². The quantitative estimate of drug-likeness (QED) is 0.789. The second-order valence-corrected chi connectivity index (χ2v) is 5.89. The molecule has 2 fully saturated rings. The highest BCUT2D eigenvalue weighted by atomic mass is 19.3. The van der Waals surface area contributed by atoms with Crippen molar-refractivity contribution in [1.29, 1.82) is 0 Å². The number of alkyl halides is 2. The number of rotatable bonds is 2. The first-order valence-electron chi connectivity index (χ1n) is 6.64. The van der Waals surface area contributed by atoms with Gasteiger partial charge in [-0.1, -0.05) is 19.3 Å². The molecule has 2 rings (SSSR count). The second-order valence-electron chi connectivity index (χ2n) is 5.89. The van der Waals surface area contributed by atoms with Crippen LogP contribution in [0.15, 0.2) is 0 Å². The van der Waals surface area contributed by atoms with Crippen molar-refractivity contribution in [3.8, 4) is 0 Å². The number of aliphatic hydroxyl groups is 2. The number of hydrogen-bond acceptors (Lipinski definition) is 2. The van der Waals surface area contributed by atoms with Gasteiger partial charge in [0, 0.05) is 18.3 Å². The summed E-state index contributed by atoms with van der Waals surface area (Å²) in [4.78, 5) is 0. The average Bonchev–Trinajstić information content (AvgIpc) is 2.30. The first-order chi connectivity index (χ1) is 7.93. The Kier molecular flexibility index (Phi) is 3.47. The van der Waals surface area contributed by atoms with E-state index in [1.807, 2.05) is 0 Å². The van der Waals surface area contributed by atoms with Gasteiger partial charge in [0.1, 0.15) is 0 Å². The number of halogens is 2. The summed E-state index contributed by atoms with van der Waals surface area (Å²) in [6, 6.07) is 0. The van der Waals surface area contributed by atoms with Crippen LogP contribution < -0.4 is 0 Å². The van der Waals surface area contributed by atoms with Crippen LogP contribution in [0.25, 0.3) is 0 Å². The van der Waals surface area contributed by atoms with Crippen LogP contribution in [0.2, 0.25) is 0 Å². The molecule has 0 aromatic rings. The molecule has 2 nitrogen and oxygen atoms in total. The summed E-state index contributed by atoms with van der Waals surface area (Å²) in [5, 5.41) is 20.3. The minimum absolute atomic E-state index is 0.167. The van der Waals surface area contributed by atoms with E-state index in [-0.39, 0.29) is 32.3 Å². The molecule has 4 heteroatoms. The fraction of sp³-hybridized carbons (Fsp3) is 1.00. The van der Waals surface area contributed by atoms with Crippen molar-refractivity contribution < 1.29 is 19.0 Å². The van der Waals surface area contributed by atoms with Gasteiger partial charge in [0.2, 0.25) is 5.92 Å². The maximum atomic E-state index is 13.2. The first kappa shape index (κ1) is 13.2. The normalized spacial score (nSPS) is 31.1. The highest BCUT2D eigenvalue weighted by Gasteiger charge is 2.54. The number of aliphatic hydroxyl groups excluding tert-OH is 1. The Morgan fingerprint density at radius 1 is 0.824 bits per heavy atom.